The third-order valence-corrected chi connectivity index (χ3v) is 5.22. The largest absolute Gasteiger partial charge is 0.465 e. The van der Waals surface area contributed by atoms with Crippen LogP contribution in [0.4, 0.5) is 39.0 Å². The molecule has 3 aromatic rings. The fourth-order valence-corrected chi connectivity index (χ4v) is 3.54. The van der Waals surface area contributed by atoms with Crippen molar-refractivity contribution in [2.45, 2.75) is 0 Å². The Balaban J connectivity index is 1.37. The van der Waals surface area contributed by atoms with Crippen LogP contribution in [0.15, 0.2) is 53.2 Å². The van der Waals surface area contributed by atoms with E-state index in [1.807, 2.05) is 4.90 Å². The summed E-state index contributed by atoms with van der Waals surface area (Å²) in [5.74, 6) is -9.54. The topological polar surface area (TPSA) is 48.7 Å². The molecule has 172 valence electrons. The number of hydrogen-bond donors (Lipinski definition) is 1. The highest BCUT2D eigenvalue weighted by Crippen LogP contribution is 2.31. The molecule has 1 aliphatic heterocycles. The molecule has 0 unspecified atom stereocenters. The van der Waals surface area contributed by atoms with Gasteiger partial charge in [0.05, 0.1) is 6.26 Å². The normalized spacial score (nSPS) is 14.2. The summed E-state index contributed by atoms with van der Waals surface area (Å²) in [5, 5.41) is 2.71. The molecule has 0 bridgehead atoms. The van der Waals surface area contributed by atoms with E-state index in [0.717, 1.165) is 10.6 Å². The lowest BCUT2D eigenvalue weighted by atomic mass is 10.2. The maximum Gasteiger partial charge on any atom is 0.248 e. The Morgan fingerprint density at radius 3 is 1.97 bits per heavy atom. The molecule has 1 aromatic heterocycles. The molecular weight excluding hydrogens is 445 g/mol. The SMILES string of the molecule is O=C(/C=C/c1ccco1)Nc1ccc(N2CCN(c3c(F)c(F)c(F)c(F)c3F)CC2)cc1. The van der Waals surface area contributed by atoms with Crippen molar-refractivity contribution in [2.24, 2.45) is 0 Å². The predicted octanol–water partition coefficient (Wildman–Crippen LogP) is 4.95. The van der Waals surface area contributed by atoms with Crippen LogP contribution in [0.5, 0.6) is 0 Å². The Labute approximate surface area is 185 Å². The van der Waals surface area contributed by atoms with Gasteiger partial charge in [0.2, 0.25) is 11.7 Å². The van der Waals surface area contributed by atoms with Crippen LogP contribution in [0.3, 0.4) is 0 Å². The van der Waals surface area contributed by atoms with E-state index in [1.54, 1.807) is 36.4 Å². The first-order valence-electron chi connectivity index (χ1n) is 9.99. The number of furan rings is 1. The number of hydrogen-bond acceptors (Lipinski definition) is 4. The quantitative estimate of drug-likeness (QED) is 0.252. The molecule has 0 radical (unpaired) electrons. The van der Waals surface area contributed by atoms with E-state index in [4.69, 9.17) is 4.42 Å². The van der Waals surface area contributed by atoms with Crippen LogP contribution < -0.4 is 15.1 Å². The molecule has 0 atom stereocenters. The number of piperazine rings is 1. The maximum absolute atomic E-state index is 14.1. The number of anilines is 3. The summed E-state index contributed by atoms with van der Waals surface area (Å²) >= 11 is 0. The summed E-state index contributed by atoms with van der Waals surface area (Å²) in [6, 6.07) is 10.3. The van der Waals surface area contributed by atoms with Gasteiger partial charge in [0, 0.05) is 43.6 Å². The molecule has 33 heavy (non-hydrogen) atoms. The molecule has 1 N–H and O–H groups in total. The van der Waals surface area contributed by atoms with Crippen LogP contribution in [0.2, 0.25) is 0 Å². The zero-order chi connectivity index (χ0) is 23.5. The average Bonchev–Trinajstić information content (AvgIpc) is 3.35. The van der Waals surface area contributed by atoms with Gasteiger partial charge < -0.3 is 19.5 Å². The average molecular weight is 463 g/mol. The summed E-state index contributed by atoms with van der Waals surface area (Å²) in [6.07, 6.45) is 4.37. The third-order valence-electron chi connectivity index (χ3n) is 5.22. The predicted molar refractivity (Wildman–Crippen MR) is 113 cm³/mol. The first-order chi connectivity index (χ1) is 15.8. The van der Waals surface area contributed by atoms with Gasteiger partial charge in [0.1, 0.15) is 11.4 Å². The molecule has 4 rings (SSSR count). The number of carbonyl (C=O) groups excluding carboxylic acids is 1. The van der Waals surface area contributed by atoms with Crippen molar-refractivity contribution in [2.75, 3.05) is 41.3 Å². The summed E-state index contributed by atoms with van der Waals surface area (Å²) in [4.78, 5) is 15.0. The van der Waals surface area contributed by atoms with Gasteiger partial charge in [-0.1, -0.05) is 0 Å². The number of amides is 1. The molecule has 0 aliphatic carbocycles. The molecule has 1 saturated heterocycles. The number of halogens is 5. The lowest BCUT2D eigenvalue weighted by Crippen LogP contribution is -2.47. The van der Waals surface area contributed by atoms with Gasteiger partial charge in [-0.05, 0) is 42.5 Å². The fourth-order valence-electron chi connectivity index (χ4n) is 3.54. The standard InChI is InChI=1S/C23H18F5N3O2/c24-18-19(25)21(27)23(22(28)20(18)26)31-11-9-30(10-12-31)15-5-3-14(4-6-15)29-17(32)8-7-16-2-1-13-33-16/h1-8,13H,9-12H2,(H,29,32)/b8-7+. The van der Waals surface area contributed by atoms with Crippen LogP contribution in [0.1, 0.15) is 5.76 Å². The van der Waals surface area contributed by atoms with Crippen molar-refractivity contribution < 1.29 is 31.2 Å². The molecule has 1 amide bonds. The molecule has 0 spiro atoms. The Morgan fingerprint density at radius 2 is 1.39 bits per heavy atom. The minimum Gasteiger partial charge on any atom is -0.465 e. The second-order valence-electron chi connectivity index (χ2n) is 7.28. The molecule has 5 nitrogen and oxygen atoms in total. The Morgan fingerprint density at radius 1 is 0.818 bits per heavy atom. The first-order valence-corrected chi connectivity index (χ1v) is 9.99. The zero-order valence-electron chi connectivity index (χ0n) is 17.1. The van der Waals surface area contributed by atoms with Crippen molar-refractivity contribution >= 4 is 29.0 Å². The highest BCUT2D eigenvalue weighted by molar-refractivity contribution is 6.01. The van der Waals surface area contributed by atoms with Gasteiger partial charge in [-0.25, -0.2) is 22.0 Å². The van der Waals surface area contributed by atoms with E-state index < -0.39 is 34.8 Å². The minimum absolute atomic E-state index is 0.0639. The molecule has 1 aliphatic rings. The van der Waals surface area contributed by atoms with E-state index in [0.29, 0.717) is 24.5 Å². The monoisotopic (exact) mass is 463 g/mol. The van der Waals surface area contributed by atoms with Crippen LogP contribution in [0, 0.1) is 29.1 Å². The van der Waals surface area contributed by atoms with Gasteiger partial charge in [-0.3, -0.25) is 4.79 Å². The third kappa shape index (κ3) is 4.69. The highest BCUT2D eigenvalue weighted by Gasteiger charge is 2.30. The van der Waals surface area contributed by atoms with Crippen LogP contribution in [-0.4, -0.2) is 32.1 Å². The van der Waals surface area contributed by atoms with E-state index in [-0.39, 0.29) is 19.0 Å². The van der Waals surface area contributed by atoms with Crippen LogP contribution in [0.25, 0.3) is 6.08 Å². The highest BCUT2D eigenvalue weighted by atomic mass is 19.2. The van der Waals surface area contributed by atoms with Gasteiger partial charge in [0.25, 0.3) is 0 Å². The van der Waals surface area contributed by atoms with Gasteiger partial charge >= 0.3 is 0 Å². The molecule has 1 fully saturated rings. The van der Waals surface area contributed by atoms with Gasteiger partial charge in [0.15, 0.2) is 23.3 Å². The van der Waals surface area contributed by atoms with Gasteiger partial charge in [-0.2, -0.15) is 0 Å². The second kappa shape index (κ2) is 9.35. The number of carbonyl (C=O) groups is 1. The van der Waals surface area contributed by atoms with Crippen molar-refractivity contribution in [3.05, 3.63) is 83.6 Å². The number of nitrogens with zero attached hydrogens (tertiary/aromatic N) is 2. The van der Waals surface area contributed by atoms with E-state index >= 15 is 0 Å². The number of rotatable bonds is 5. The zero-order valence-corrected chi connectivity index (χ0v) is 17.1. The summed E-state index contributed by atoms with van der Waals surface area (Å²) in [7, 11) is 0. The van der Waals surface area contributed by atoms with E-state index in [9.17, 15) is 26.7 Å². The Kier molecular flexibility index (Phi) is 6.34. The van der Waals surface area contributed by atoms with E-state index in [1.165, 1.54) is 18.4 Å². The second-order valence-corrected chi connectivity index (χ2v) is 7.28. The molecule has 2 aromatic carbocycles. The lowest BCUT2D eigenvalue weighted by molar-refractivity contribution is -0.111. The Bertz CT molecular complexity index is 1140. The fraction of sp³-hybridized carbons (Fsp3) is 0.174. The number of nitrogens with one attached hydrogen (secondary N) is 1. The summed E-state index contributed by atoms with van der Waals surface area (Å²) in [5.41, 5.74) is 0.441. The molecule has 2 heterocycles. The van der Waals surface area contributed by atoms with Crippen LogP contribution in [-0.2, 0) is 4.79 Å². The smallest absolute Gasteiger partial charge is 0.248 e. The Hall–Kier alpha value is -3.82. The summed E-state index contributed by atoms with van der Waals surface area (Å²) in [6.45, 7) is 0.733. The maximum atomic E-state index is 14.1. The first kappa shape index (κ1) is 22.4. The molecule has 0 saturated carbocycles. The minimum atomic E-state index is -2.17. The van der Waals surface area contributed by atoms with Crippen LogP contribution >= 0.6 is 0 Å². The van der Waals surface area contributed by atoms with Gasteiger partial charge in [-0.15, -0.1) is 0 Å². The van der Waals surface area contributed by atoms with E-state index in [2.05, 4.69) is 5.32 Å². The van der Waals surface area contributed by atoms with Crippen molar-refractivity contribution in [3.8, 4) is 0 Å². The van der Waals surface area contributed by atoms with Crippen molar-refractivity contribution in [1.29, 1.82) is 0 Å². The van der Waals surface area contributed by atoms with Crippen molar-refractivity contribution in [1.82, 2.24) is 0 Å². The summed E-state index contributed by atoms with van der Waals surface area (Å²) < 4.78 is 73.6. The van der Waals surface area contributed by atoms with Crippen molar-refractivity contribution in [3.63, 3.8) is 0 Å². The molecule has 10 heteroatoms. The molecular formula is C23H18F5N3O2. The number of benzene rings is 2. The lowest BCUT2D eigenvalue weighted by Gasteiger charge is -2.37.